The molecule has 0 aromatic heterocycles. The Bertz CT molecular complexity index is 986. The van der Waals surface area contributed by atoms with Gasteiger partial charge in [-0.15, -0.1) is 0 Å². The average Bonchev–Trinajstić information content (AvgIpc) is 2.55. The lowest BCUT2D eigenvalue weighted by molar-refractivity contribution is -0.384. The van der Waals surface area contributed by atoms with Crippen molar-refractivity contribution in [3.63, 3.8) is 0 Å². The van der Waals surface area contributed by atoms with Crippen molar-refractivity contribution >= 4 is 56.0 Å². The van der Waals surface area contributed by atoms with E-state index in [4.69, 9.17) is 29.0 Å². The molecule has 0 spiro atoms. The number of nitrogens with two attached hydrogens (primary N) is 1. The number of nitro groups is 1. The van der Waals surface area contributed by atoms with Crippen molar-refractivity contribution in [1.82, 2.24) is 5.43 Å². The van der Waals surface area contributed by atoms with Gasteiger partial charge in [0.1, 0.15) is 11.5 Å². The van der Waals surface area contributed by atoms with Crippen LogP contribution in [0.3, 0.4) is 0 Å². The number of thiocarbonyl (C=S) groups is 1. The van der Waals surface area contributed by atoms with E-state index in [1.165, 1.54) is 12.1 Å². The number of hydrogen-bond acceptors (Lipinski definition) is 6. The van der Waals surface area contributed by atoms with Crippen LogP contribution in [-0.2, 0) is 10.0 Å². The van der Waals surface area contributed by atoms with Crippen LogP contribution in [0.1, 0.15) is 0 Å². The minimum Gasteiger partial charge on any atom is -0.331 e. The number of nitrogens with one attached hydrogen (secondary N) is 3. The first-order valence-corrected chi connectivity index (χ1v) is 9.00. The molecule has 0 bridgehead atoms. The maximum atomic E-state index is 13.1. The average molecular weight is 420 g/mol. The Hall–Kier alpha value is -2.54. The molecule has 0 aliphatic heterocycles. The predicted octanol–water partition coefficient (Wildman–Crippen LogP) is 2.35. The first-order chi connectivity index (χ1) is 12.1. The smallest absolute Gasteiger partial charge is 0.295 e. The number of rotatable bonds is 5. The number of primary sulfonamides is 1. The Morgan fingerprint density at radius 3 is 2.54 bits per heavy atom. The summed E-state index contributed by atoms with van der Waals surface area (Å²) in [5.41, 5.74) is 4.77. The minimum atomic E-state index is -4.09. The molecule has 0 aliphatic carbocycles. The monoisotopic (exact) mass is 419 g/mol. The summed E-state index contributed by atoms with van der Waals surface area (Å²) in [5.74, 6) is -0.597. The number of nitrogens with zero attached hydrogens (tertiary/aromatic N) is 1. The first kappa shape index (κ1) is 19.8. The molecule has 0 saturated carbocycles. The van der Waals surface area contributed by atoms with E-state index in [0.717, 1.165) is 24.3 Å². The van der Waals surface area contributed by atoms with Crippen molar-refractivity contribution < 1.29 is 17.7 Å². The van der Waals surface area contributed by atoms with Crippen LogP contribution in [0.2, 0.25) is 5.02 Å². The Morgan fingerprint density at radius 2 is 1.96 bits per heavy atom. The van der Waals surface area contributed by atoms with Crippen molar-refractivity contribution in [2.45, 2.75) is 4.90 Å². The van der Waals surface area contributed by atoms with Crippen LogP contribution in [0.4, 0.5) is 21.5 Å². The third-order valence-corrected chi connectivity index (χ3v) is 4.39. The summed E-state index contributed by atoms with van der Waals surface area (Å²) in [7, 11) is -4.09. The van der Waals surface area contributed by atoms with E-state index in [9.17, 15) is 22.9 Å². The fraction of sp³-hybridized carbons (Fsp3) is 0. The summed E-state index contributed by atoms with van der Waals surface area (Å²) in [6.07, 6.45) is 0. The maximum absolute atomic E-state index is 13.1. The number of nitro benzene ring substituents is 1. The summed E-state index contributed by atoms with van der Waals surface area (Å²) < 4.78 is 35.7. The zero-order valence-corrected chi connectivity index (χ0v) is 15.1. The van der Waals surface area contributed by atoms with Crippen LogP contribution in [-0.4, -0.2) is 18.5 Å². The maximum Gasteiger partial charge on any atom is 0.295 e. The molecule has 9 nitrogen and oxygen atoms in total. The summed E-state index contributed by atoms with van der Waals surface area (Å²) in [5, 5.41) is 18.6. The highest BCUT2D eigenvalue weighted by Crippen LogP contribution is 2.26. The molecule has 0 amide bonds. The molecule has 26 heavy (non-hydrogen) atoms. The molecule has 0 atom stereocenters. The van der Waals surface area contributed by atoms with Crippen LogP contribution >= 0.6 is 23.8 Å². The molecule has 2 rings (SSSR count). The predicted molar refractivity (Wildman–Crippen MR) is 98.9 cm³/mol. The highest BCUT2D eigenvalue weighted by atomic mass is 35.5. The lowest BCUT2D eigenvalue weighted by Crippen LogP contribution is -2.33. The van der Waals surface area contributed by atoms with E-state index in [1.807, 2.05) is 0 Å². The van der Waals surface area contributed by atoms with E-state index in [-0.39, 0.29) is 15.8 Å². The van der Waals surface area contributed by atoms with Crippen LogP contribution in [0, 0.1) is 15.9 Å². The first-order valence-electron chi connectivity index (χ1n) is 6.67. The molecule has 2 aromatic carbocycles. The van der Waals surface area contributed by atoms with Gasteiger partial charge in [-0.2, -0.15) is 0 Å². The summed E-state index contributed by atoms with van der Waals surface area (Å²) in [6.45, 7) is 0. The number of anilines is 2. The van der Waals surface area contributed by atoms with Gasteiger partial charge in [-0.1, -0.05) is 11.6 Å². The van der Waals surface area contributed by atoms with Gasteiger partial charge < -0.3 is 5.32 Å². The van der Waals surface area contributed by atoms with Crippen LogP contribution in [0.15, 0.2) is 41.3 Å². The molecule has 13 heteroatoms. The second kappa shape index (κ2) is 7.78. The van der Waals surface area contributed by atoms with Gasteiger partial charge in [-0.05, 0) is 42.5 Å². The van der Waals surface area contributed by atoms with Gasteiger partial charge in [0.25, 0.3) is 5.69 Å². The van der Waals surface area contributed by atoms with Gasteiger partial charge in [-0.3, -0.25) is 21.0 Å². The summed E-state index contributed by atoms with van der Waals surface area (Å²) in [4.78, 5) is 9.92. The molecule has 0 saturated heterocycles. The van der Waals surface area contributed by atoms with E-state index in [2.05, 4.69) is 16.2 Å². The van der Waals surface area contributed by atoms with E-state index < -0.39 is 31.3 Å². The van der Waals surface area contributed by atoms with E-state index >= 15 is 0 Å². The van der Waals surface area contributed by atoms with Crippen LogP contribution in [0.25, 0.3) is 0 Å². The Balaban J connectivity index is 2.11. The van der Waals surface area contributed by atoms with Gasteiger partial charge in [-0.25, -0.2) is 17.9 Å². The molecular formula is C13H11ClFN5O4S2. The zero-order valence-electron chi connectivity index (χ0n) is 12.7. The number of sulfonamides is 1. The molecule has 138 valence electrons. The second-order valence-electron chi connectivity index (χ2n) is 4.81. The number of hydrogen-bond donors (Lipinski definition) is 4. The summed E-state index contributed by atoms with van der Waals surface area (Å²) in [6, 6.07) is 6.89. The molecule has 0 unspecified atom stereocenters. The third kappa shape index (κ3) is 4.98. The molecule has 5 N–H and O–H groups in total. The lowest BCUT2D eigenvalue weighted by atomic mass is 10.3. The molecule has 0 radical (unpaired) electrons. The standard InChI is InChI=1S/C13H11ClFN5O4S2/c14-9-5-7(1-3-10(9)15)17-13(25)19-18-11-4-2-8(26(16,23)24)6-12(11)20(21)22/h1-6,18H,(H2,16,23,24)(H2,17,19,25). The molecule has 0 heterocycles. The van der Waals surface area contributed by atoms with Crippen molar-refractivity contribution in [2.75, 3.05) is 10.7 Å². The molecule has 0 aliphatic rings. The van der Waals surface area contributed by atoms with Gasteiger partial charge in [0.15, 0.2) is 5.11 Å². The van der Waals surface area contributed by atoms with Gasteiger partial charge in [0, 0.05) is 11.8 Å². The van der Waals surface area contributed by atoms with Crippen molar-refractivity contribution in [3.05, 3.63) is 57.4 Å². The van der Waals surface area contributed by atoms with Crippen molar-refractivity contribution in [2.24, 2.45) is 5.14 Å². The largest absolute Gasteiger partial charge is 0.331 e. The van der Waals surface area contributed by atoms with E-state index in [0.29, 0.717) is 5.69 Å². The summed E-state index contributed by atoms with van der Waals surface area (Å²) >= 11 is 10.6. The SMILES string of the molecule is NS(=O)(=O)c1ccc(NNC(=S)Nc2ccc(F)c(Cl)c2)c([N+](=O)[O-])c1. The Kier molecular flexibility index (Phi) is 5.92. The van der Waals surface area contributed by atoms with Crippen molar-refractivity contribution in [1.29, 1.82) is 0 Å². The number of halogens is 2. The van der Waals surface area contributed by atoms with Crippen LogP contribution < -0.4 is 21.3 Å². The van der Waals surface area contributed by atoms with E-state index in [1.54, 1.807) is 0 Å². The normalized spacial score (nSPS) is 10.9. The fourth-order valence-corrected chi connectivity index (χ4v) is 2.69. The Morgan fingerprint density at radius 1 is 1.27 bits per heavy atom. The van der Waals surface area contributed by atoms with Gasteiger partial charge in [0.2, 0.25) is 10.0 Å². The number of hydrazine groups is 1. The number of benzene rings is 2. The van der Waals surface area contributed by atoms with Gasteiger partial charge in [0.05, 0.1) is 14.8 Å². The Labute approximate surface area is 157 Å². The fourth-order valence-electron chi connectivity index (χ4n) is 1.81. The molecule has 2 aromatic rings. The van der Waals surface area contributed by atoms with Gasteiger partial charge >= 0.3 is 0 Å². The molecule has 0 fully saturated rings. The highest BCUT2D eigenvalue weighted by molar-refractivity contribution is 7.89. The lowest BCUT2D eigenvalue weighted by Gasteiger charge is -2.13. The highest BCUT2D eigenvalue weighted by Gasteiger charge is 2.19. The molecular weight excluding hydrogens is 409 g/mol. The van der Waals surface area contributed by atoms with Crippen molar-refractivity contribution in [3.8, 4) is 0 Å². The minimum absolute atomic E-state index is 0.00232. The second-order valence-corrected chi connectivity index (χ2v) is 7.19. The zero-order chi connectivity index (χ0) is 19.5. The topological polar surface area (TPSA) is 139 Å². The van der Waals surface area contributed by atoms with Crippen LogP contribution in [0.5, 0.6) is 0 Å². The quantitative estimate of drug-likeness (QED) is 0.329. The third-order valence-electron chi connectivity index (χ3n) is 2.98.